The number of ketones is 1. The molecular weight excluding hydrogens is 184 g/mol. The van der Waals surface area contributed by atoms with E-state index in [0.29, 0.717) is 5.56 Å². The Labute approximate surface area is 78.8 Å². The Kier molecular flexibility index (Phi) is 1.98. The first-order chi connectivity index (χ1) is 6.77. The van der Waals surface area contributed by atoms with E-state index >= 15 is 0 Å². The van der Waals surface area contributed by atoms with Crippen molar-refractivity contribution in [2.24, 2.45) is 7.05 Å². The summed E-state index contributed by atoms with van der Waals surface area (Å²) in [6, 6.07) is 1.55. The maximum atomic E-state index is 11.6. The Morgan fingerprint density at radius 1 is 1.43 bits per heavy atom. The van der Waals surface area contributed by atoms with Gasteiger partial charge in [-0.05, 0) is 11.3 Å². The van der Waals surface area contributed by atoms with Gasteiger partial charge in [-0.1, -0.05) is 0 Å². The van der Waals surface area contributed by atoms with Crippen LogP contribution < -0.4 is 0 Å². The fourth-order valence-electron chi connectivity index (χ4n) is 0.929. The minimum absolute atomic E-state index is 0.0560. The molecule has 2 aromatic heterocycles. The molecule has 7 nitrogen and oxygen atoms in total. The second kappa shape index (κ2) is 3.29. The number of hydrogen-bond donors (Lipinski definition) is 0. The molecule has 0 N–H and O–H groups in total. The summed E-state index contributed by atoms with van der Waals surface area (Å²) in [5.74, 6) is -0.256. The number of hydrogen-bond acceptors (Lipinski definition) is 6. The number of nitrogens with zero attached hydrogens (tertiary/aromatic N) is 6. The van der Waals surface area contributed by atoms with E-state index in [9.17, 15) is 4.79 Å². The van der Waals surface area contributed by atoms with Crippen LogP contribution in [-0.4, -0.2) is 36.2 Å². The standard InChI is InChI=1S/C7H6N6O/c1-13-11-7(10-12-13)6(14)5-2-3-8-9-4-5/h2-4H,1H3. The molecule has 7 heteroatoms. The molecule has 2 rings (SSSR count). The minimum atomic E-state index is -0.312. The molecule has 0 unspecified atom stereocenters. The summed E-state index contributed by atoms with van der Waals surface area (Å²) in [4.78, 5) is 12.8. The minimum Gasteiger partial charge on any atom is -0.285 e. The van der Waals surface area contributed by atoms with Crippen molar-refractivity contribution in [3.05, 3.63) is 29.8 Å². The zero-order valence-corrected chi connectivity index (χ0v) is 7.32. The first-order valence-electron chi connectivity index (χ1n) is 3.83. The van der Waals surface area contributed by atoms with Gasteiger partial charge >= 0.3 is 0 Å². The van der Waals surface area contributed by atoms with Crippen molar-refractivity contribution in [2.45, 2.75) is 0 Å². The zero-order valence-electron chi connectivity index (χ0n) is 7.32. The van der Waals surface area contributed by atoms with Crippen LogP contribution in [0, 0.1) is 0 Å². The summed E-state index contributed by atoms with van der Waals surface area (Å²) in [5.41, 5.74) is 0.396. The SMILES string of the molecule is Cn1nnc(C(=O)c2ccnnc2)n1. The summed E-state index contributed by atoms with van der Waals surface area (Å²) in [6.45, 7) is 0. The van der Waals surface area contributed by atoms with Gasteiger partial charge in [-0.25, -0.2) is 0 Å². The van der Waals surface area contributed by atoms with Gasteiger partial charge in [0.05, 0.1) is 19.4 Å². The number of aromatic nitrogens is 6. The fourth-order valence-corrected chi connectivity index (χ4v) is 0.929. The topological polar surface area (TPSA) is 86.5 Å². The first-order valence-corrected chi connectivity index (χ1v) is 3.83. The third kappa shape index (κ3) is 1.47. The molecule has 0 atom stereocenters. The predicted octanol–water partition coefficient (Wildman–Crippen LogP) is -0.769. The van der Waals surface area contributed by atoms with Crippen LogP contribution in [0.1, 0.15) is 16.2 Å². The average molecular weight is 190 g/mol. The molecule has 2 aromatic rings. The molecule has 0 bridgehead atoms. The fraction of sp³-hybridized carbons (Fsp3) is 0.143. The Morgan fingerprint density at radius 2 is 2.29 bits per heavy atom. The van der Waals surface area contributed by atoms with Gasteiger partial charge in [0.15, 0.2) is 0 Å². The molecule has 0 aliphatic carbocycles. The lowest BCUT2D eigenvalue weighted by Gasteiger charge is -1.91. The molecule has 2 heterocycles. The Hall–Kier alpha value is -2.18. The molecule has 0 aliphatic heterocycles. The third-order valence-electron chi connectivity index (χ3n) is 1.56. The van der Waals surface area contributed by atoms with Crippen LogP contribution in [0.25, 0.3) is 0 Å². The van der Waals surface area contributed by atoms with Crippen LogP contribution >= 0.6 is 0 Å². The zero-order chi connectivity index (χ0) is 9.97. The second-order valence-corrected chi connectivity index (χ2v) is 2.56. The molecule has 70 valence electrons. The molecule has 0 fully saturated rings. The summed E-state index contributed by atoms with van der Waals surface area (Å²) >= 11 is 0. The quantitative estimate of drug-likeness (QED) is 0.578. The summed E-state index contributed by atoms with van der Waals surface area (Å²) in [5, 5.41) is 18.1. The van der Waals surface area contributed by atoms with Crippen LogP contribution in [0.3, 0.4) is 0 Å². The first kappa shape index (κ1) is 8.42. The van der Waals surface area contributed by atoms with Gasteiger partial charge in [0.1, 0.15) is 0 Å². The predicted molar refractivity (Wildman–Crippen MR) is 44.3 cm³/mol. The molecule has 0 saturated heterocycles. The Bertz CT molecular complexity index is 450. The number of rotatable bonds is 2. The summed E-state index contributed by atoms with van der Waals surface area (Å²) in [7, 11) is 1.59. The highest BCUT2D eigenvalue weighted by Crippen LogP contribution is 2.00. The third-order valence-corrected chi connectivity index (χ3v) is 1.56. The van der Waals surface area contributed by atoms with Gasteiger partial charge in [0.2, 0.25) is 11.6 Å². The number of carbonyl (C=O) groups excluding carboxylic acids is 1. The van der Waals surface area contributed by atoms with Gasteiger partial charge < -0.3 is 0 Å². The molecular formula is C7H6N6O. The van der Waals surface area contributed by atoms with Crippen LogP contribution in [0.5, 0.6) is 0 Å². The highest BCUT2D eigenvalue weighted by molar-refractivity contribution is 6.05. The van der Waals surface area contributed by atoms with Crippen molar-refractivity contribution in [1.29, 1.82) is 0 Å². The Morgan fingerprint density at radius 3 is 2.86 bits per heavy atom. The monoisotopic (exact) mass is 190 g/mol. The van der Waals surface area contributed by atoms with E-state index in [2.05, 4.69) is 25.6 Å². The van der Waals surface area contributed by atoms with Crippen LogP contribution in [-0.2, 0) is 7.05 Å². The van der Waals surface area contributed by atoms with E-state index in [0.717, 1.165) is 0 Å². The van der Waals surface area contributed by atoms with Crippen LogP contribution in [0.4, 0.5) is 0 Å². The molecule has 0 aliphatic rings. The highest BCUT2D eigenvalue weighted by Gasteiger charge is 2.14. The Balaban J connectivity index is 2.34. The number of carbonyl (C=O) groups is 1. The average Bonchev–Trinajstić information content (AvgIpc) is 2.65. The summed E-state index contributed by atoms with van der Waals surface area (Å²) < 4.78 is 0. The lowest BCUT2D eigenvalue weighted by Crippen LogP contribution is -2.05. The largest absolute Gasteiger partial charge is 0.285 e. The van der Waals surface area contributed by atoms with Crippen molar-refractivity contribution in [2.75, 3.05) is 0 Å². The molecule has 0 aromatic carbocycles. The van der Waals surface area contributed by atoms with Crippen molar-refractivity contribution in [3.8, 4) is 0 Å². The lowest BCUT2D eigenvalue weighted by molar-refractivity contribution is 0.102. The van der Waals surface area contributed by atoms with Gasteiger partial charge in [-0.2, -0.15) is 15.0 Å². The highest BCUT2D eigenvalue weighted by atomic mass is 16.1. The van der Waals surface area contributed by atoms with E-state index in [1.54, 1.807) is 13.1 Å². The van der Waals surface area contributed by atoms with Gasteiger partial charge in [0.25, 0.3) is 0 Å². The maximum Gasteiger partial charge on any atom is 0.245 e. The van der Waals surface area contributed by atoms with E-state index < -0.39 is 0 Å². The van der Waals surface area contributed by atoms with Gasteiger partial charge in [-0.3, -0.25) is 4.79 Å². The van der Waals surface area contributed by atoms with Crippen molar-refractivity contribution in [3.63, 3.8) is 0 Å². The molecule has 0 amide bonds. The molecule has 0 spiro atoms. The molecule has 0 radical (unpaired) electrons. The number of tetrazole rings is 1. The van der Waals surface area contributed by atoms with E-state index in [1.165, 1.54) is 17.2 Å². The lowest BCUT2D eigenvalue weighted by atomic mass is 10.2. The van der Waals surface area contributed by atoms with Crippen molar-refractivity contribution >= 4 is 5.78 Å². The summed E-state index contributed by atoms with van der Waals surface area (Å²) in [6.07, 6.45) is 2.79. The number of aryl methyl sites for hydroxylation is 1. The normalized spacial score (nSPS) is 10.1. The second-order valence-electron chi connectivity index (χ2n) is 2.56. The van der Waals surface area contributed by atoms with Crippen molar-refractivity contribution in [1.82, 2.24) is 30.4 Å². The van der Waals surface area contributed by atoms with Gasteiger partial charge in [0, 0.05) is 5.56 Å². The van der Waals surface area contributed by atoms with E-state index in [1.807, 2.05) is 0 Å². The van der Waals surface area contributed by atoms with Crippen LogP contribution in [0.2, 0.25) is 0 Å². The maximum absolute atomic E-state index is 11.6. The smallest absolute Gasteiger partial charge is 0.245 e. The molecule has 14 heavy (non-hydrogen) atoms. The van der Waals surface area contributed by atoms with Gasteiger partial charge in [-0.15, -0.1) is 10.2 Å². The van der Waals surface area contributed by atoms with E-state index in [4.69, 9.17) is 0 Å². The van der Waals surface area contributed by atoms with Crippen molar-refractivity contribution < 1.29 is 4.79 Å². The molecule has 0 saturated carbocycles. The van der Waals surface area contributed by atoms with Crippen LogP contribution in [0.15, 0.2) is 18.5 Å². The van der Waals surface area contributed by atoms with E-state index in [-0.39, 0.29) is 11.6 Å².